The van der Waals surface area contributed by atoms with Crippen molar-refractivity contribution in [3.63, 3.8) is 0 Å². The van der Waals surface area contributed by atoms with Crippen molar-refractivity contribution in [3.8, 4) is 22.8 Å². The average Bonchev–Trinajstić information content (AvgIpc) is 3.37. The van der Waals surface area contributed by atoms with Crippen LogP contribution in [0.3, 0.4) is 0 Å². The number of hydrogen-bond donors (Lipinski definition) is 1. The van der Waals surface area contributed by atoms with Gasteiger partial charge in [0.15, 0.2) is 27.0 Å². The summed E-state index contributed by atoms with van der Waals surface area (Å²) < 4.78 is 36.2. The minimum absolute atomic E-state index is 0.0191. The highest BCUT2D eigenvalue weighted by molar-refractivity contribution is 7.91. The van der Waals surface area contributed by atoms with Crippen LogP contribution in [0.25, 0.3) is 11.3 Å². The van der Waals surface area contributed by atoms with Crippen LogP contribution in [0, 0.1) is 0 Å². The Kier molecular flexibility index (Phi) is 5.69. The number of sulfone groups is 1. The van der Waals surface area contributed by atoms with E-state index in [0.717, 1.165) is 5.56 Å². The molecule has 0 radical (unpaired) electrons. The highest BCUT2D eigenvalue weighted by Crippen LogP contribution is 2.32. The number of benzene rings is 2. The molecule has 2 heterocycles. The number of nitrogens with zero attached hydrogens (tertiary/aromatic N) is 2. The second-order valence-electron chi connectivity index (χ2n) is 7.31. The van der Waals surface area contributed by atoms with Crippen molar-refractivity contribution in [3.05, 3.63) is 60.3 Å². The third-order valence-corrected chi connectivity index (χ3v) is 6.98. The van der Waals surface area contributed by atoms with Gasteiger partial charge in [-0.05, 0) is 30.2 Å². The van der Waals surface area contributed by atoms with Gasteiger partial charge in [0.1, 0.15) is 0 Å². The van der Waals surface area contributed by atoms with Gasteiger partial charge in [0.2, 0.25) is 0 Å². The van der Waals surface area contributed by atoms with Crippen molar-refractivity contribution >= 4 is 21.4 Å². The molecule has 4 rings (SSSR count). The Morgan fingerprint density at radius 3 is 2.45 bits per heavy atom. The summed E-state index contributed by atoms with van der Waals surface area (Å²) in [4.78, 5) is 12.9. The second kappa shape index (κ2) is 8.43. The Morgan fingerprint density at radius 1 is 1.06 bits per heavy atom. The predicted octanol–water partition coefficient (Wildman–Crippen LogP) is 3.18. The summed E-state index contributed by atoms with van der Waals surface area (Å²) in [7, 11) is -0.0441. The fourth-order valence-corrected chi connectivity index (χ4v) is 5.38. The highest BCUT2D eigenvalue weighted by atomic mass is 32.2. The van der Waals surface area contributed by atoms with E-state index in [9.17, 15) is 13.2 Å². The Labute approximate surface area is 180 Å². The predicted molar refractivity (Wildman–Crippen MR) is 117 cm³/mol. The molecule has 162 valence electrons. The average molecular weight is 442 g/mol. The minimum atomic E-state index is -3.10. The van der Waals surface area contributed by atoms with Gasteiger partial charge in [0, 0.05) is 11.8 Å². The quantitative estimate of drug-likeness (QED) is 0.631. The molecule has 1 aromatic heterocycles. The molecule has 2 aromatic carbocycles. The van der Waals surface area contributed by atoms with Gasteiger partial charge in [-0.25, -0.2) is 8.42 Å². The van der Waals surface area contributed by atoms with E-state index in [1.54, 1.807) is 28.9 Å². The zero-order valence-electron chi connectivity index (χ0n) is 17.2. The first-order chi connectivity index (χ1) is 14.9. The SMILES string of the molecule is COc1ccc(NC(=O)c2cc(-c3ccccc3)n([C@@H]3CCS(=O)(=O)C3)n2)cc1OC. The summed E-state index contributed by atoms with van der Waals surface area (Å²) in [5.41, 5.74) is 2.31. The number of anilines is 1. The maximum Gasteiger partial charge on any atom is 0.276 e. The van der Waals surface area contributed by atoms with Crippen LogP contribution < -0.4 is 14.8 Å². The van der Waals surface area contributed by atoms with Crippen molar-refractivity contribution in [1.29, 1.82) is 0 Å². The van der Waals surface area contributed by atoms with Crippen LogP contribution in [0.4, 0.5) is 5.69 Å². The van der Waals surface area contributed by atoms with E-state index in [0.29, 0.717) is 29.3 Å². The Morgan fingerprint density at radius 2 is 1.81 bits per heavy atom. The van der Waals surface area contributed by atoms with Crippen molar-refractivity contribution < 1.29 is 22.7 Å². The number of amides is 1. The maximum absolute atomic E-state index is 12.9. The standard InChI is InChI=1S/C22H23N3O5S/c1-29-20-9-8-16(12-21(20)30-2)23-22(26)18-13-19(15-6-4-3-5-7-15)25(24-18)17-10-11-31(27,28)14-17/h3-9,12-13,17H,10-11,14H2,1-2H3,(H,23,26)/t17-/m1/s1. The molecule has 1 aliphatic heterocycles. The molecule has 0 saturated carbocycles. The molecule has 0 aliphatic carbocycles. The molecule has 1 N–H and O–H groups in total. The fourth-order valence-electron chi connectivity index (χ4n) is 3.69. The molecule has 8 nitrogen and oxygen atoms in total. The third-order valence-electron chi connectivity index (χ3n) is 5.23. The van der Waals surface area contributed by atoms with Crippen molar-refractivity contribution in [2.24, 2.45) is 0 Å². The molecule has 0 unspecified atom stereocenters. The molecule has 1 fully saturated rings. The van der Waals surface area contributed by atoms with Crippen LogP contribution in [0.1, 0.15) is 23.0 Å². The normalized spacial score (nSPS) is 17.3. The molecular formula is C22H23N3O5S. The molecule has 1 saturated heterocycles. The van der Waals surface area contributed by atoms with E-state index in [1.807, 2.05) is 30.3 Å². The van der Waals surface area contributed by atoms with E-state index in [4.69, 9.17) is 9.47 Å². The summed E-state index contributed by atoms with van der Waals surface area (Å²) in [5.74, 6) is 0.791. The highest BCUT2D eigenvalue weighted by Gasteiger charge is 2.32. The number of carbonyl (C=O) groups excluding carboxylic acids is 1. The summed E-state index contributed by atoms with van der Waals surface area (Å²) in [6.45, 7) is 0. The summed E-state index contributed by atoms with van der Waals surface area (Å²) in [6, 6.07) is 16.0. The lowest BCUT2D eigenvalue weighted by Gasteiger charge is -2.13. The molecule has 0 bridgehead atoms. The molecule has 1 aliphatic rings. The van der Waals surface area contributed by atoms with Crippen molar-refractivity contribution in [2.75, 3.05) is 31.0 Å². The molecular weight excluding hydrogens is 418 g/mol. The first kappa shape index (κ1) is 20.9. The number of nitrogens with one attached hydrogen (secondary N) is 1. The van der Waals surface area contributed by atoms with Gasteiger partial charge in [-0.15, -0.1) is 0 Å². The molecule has 1 amide bonds. The number of aromatic nitrogens is 2. The first-order valence-corrected chi connectivity index (χ1v) is 11.6. The van der Waals surface area contributed by atoms with E-state index in [-0.39, 0.29) is 23.2 Å². The number of hydrogen-bond acceptors (Lipinski definition) is 6. The van der Waals surface area contributed by atoms with Gasteiger partial charge in [0.25, 0.3) is 5.91 Å². The lowest BCUT2D eigenvalue weighted by atomic mass is 10.1. The van der Waals surface area contributed by atoms with Crippen molar-refractivity contribution in [1.82, 2.24) is 9.78 Å². The van der Waals surface area contributed by atoms with E-state index in [1.165, 1.54) is 14.2 Å². The van der Waals surface area contributed by atoms with Gasteiger partial charge in [-0.1, -0.05) is 30.3 Å². The summed E-state index contributed by atoms with van der Waals surface area (Å²) in [6.07, 6.45) is 0.473. The Bertz CT molecular complexity index is 1210. The monoisotopic (exact) mass is 441 g/mol. The van der Waals surface area contributed by atoms with Gasteiger partial charge in [-0.2, -0.15) is 5.10 Å². The molecule has 9 heteroatoms. The van der Waals surface area contributed by atoms with Crippen molar-refractivity contribution in [2.45, 2.75) is 12.5 Å². The van der Waals surface area contributed by atoms with Gasteiger partial charge in [0.05, 0.1) is 37.5 Å². The Hall–Kier alpha value is -3.33. The van der Waals surface area contributed by atoms with Gasteiger partial charge in [-0.3, -0.25) is 9.48 Å². The first-order valence-electron chi connectivity index (χ1n) is 9.79. The largest absolute Gasteiger partial charge is 0.493 e. The maximum atomic E-state index is 12.9. The zero-order chi connectivity index (χ0) is 22.0. The molecule has 3 aromatic rings. The lowest BCUT2D eigenvalue weighted by Crippen LogP contribution is -2.16. The van der Waals surface area contributed by atoms with Crippen LogP contribution in [0.5, 0.6) is 11.5 Å². The Balaban J connectivity index is 1.66. The van der Waals surface area contributed by atoms with Crippen LogP contribution in [0.15, 0.2) is 54.6 Å². The fraction of sp³-hybridized carbons (Fsp3) is 0.273. The zero-order valence-corrected chi connectivity index (χ0v) is 18.1. The number of ether oxygens (including phenoxy) is 2. The van der Waals surface area contributed by atoms with Crippen LogP contribution in [-0.2, 0) is 9.84 Å². The minimum Gasteiger partial charge on any atom is -0.493 e. The van der Waals surface area contributed by atoms with Crippen LogP contribution >= 0.6 is 0 Å². The number of methoxy groups -OCH3 is 2. The molecule has 1 atom stereocenters. The molecule has 0 spiro atoms. The molecule has 31 heavy (non-hydrogen) atoms. The third kappa shape index (κ3) is 4.41. The topological polar surface area (TPSA) is 99.5 Å². The van der Waals surface area contributed by atoms with Gasteiger partial charge < -0.3 is 14.8 Å². The van der Waals surface area contributed by atoms with Gasteiger partial charge >= 0.3 is 0 Å². The van der Waals surface area contributed by atoms with Crippen LogP contribution in [-0.4, -0.2) is 49.8 Å². The summed E-state index contributed by atoms with van der Waals surface area (Å²) >= 11 is 0. The van der Waals surface area contributed by atoms with E-state index >= 15 is 0 Å². The number of rotatable bonds is 6. The lowest BCUT2D eigenvalue weighted by molar-refractivity contribution is 0.102. The van der Waals surface area contributed by atoms with E-state index in [2.05, 4.69) is 10.4 Å². The summed E-state index contributed by atoms with van der Waals surface area (Å²) in [5, 5.41) is 7.31. The number of carbonyl (C=O) groups is 1. The van der Waals surface area contributed by atoms with E-state index < -0.39 is 15.7 Å². The van der Waals surface area contributed by atoms with Crippen LogP contribution in [0.2, 0.25) is 0 Å². The smallest absolute Gasteiger partial charge is 0.276 e. The second-order valence-corrected chi connectivity index (χ2v) is 9.53.